The van der Waals surface area contributed by atoms with Crippen molar-refractivity contribution in [3.63, 3.8) is 0 Å². The van der Waals surface area contributed by atoms with Crippen LogP contribution in [0.25, 0.3) is 0 Å². The van der Waals surface area contributed by atoms with Crippen LogP contribution in [0.5, 0.6) is 0 Å². The second-order valence-corrected chi connectivity index (χ2v) is 11.5. The lowest BCUT2D eigenvalue weighted by Gasteiger charge is -2.27. The summed E-state index contributed by atoms with van der Waals surface area (Å²) in [6.07, 6.45) is 0. The summed E-state index contributed by atoms with van der Waals surface area (Å²) < 4.78 is 0. The van der Waals surface area contributed by atoms with E-state index >= 15 is 0 Å². The van der Waals surface area contributed by atoms with E-state index in [9.17, 15) is 0 Å². The van der Waals surface area contributed by atoms with E-state index in [0.717, 1.165) is 22.8 Å². The molecule has 220 valence electrons. The van der Waals surface area contributed by atoms with Crippen LogP contribution in [0, 0.1) is 6.92 Å². The van der Waals surface area contributed by atoms with Gasteiger partial charge >= 0.3 is 0 Å². The molecule has 2 nitrogen and oxygen atoms in total. The van der Waals surface area contributed by atoms with Gasteiger partial charge in [-0.05, 0) is 66.3 Å². The van der Waals surface area contributed by atoms with Crippen molar-refractivity contribution in [1.29, 1.82) is 0 Å². The standard InChI is InChI=1S/C43H38N2/c1-31-29-39(41(34-19-9-4-10-20-34)35-21-11-5-12-22-35)43(45-33(3)32(2)44-38-27-17-8-18-28-38)40(30-31)42(36-23-13-6-14-24-36)37-25-15-7-16-26-37/h4-30,41-42H,1-3H3. The Morgan fingerprint density at radius 1 is 0.422 bits per heavy atom. The minimum absolute atomic E-state index is 0.00355. The van der Waals surface area contributed by atoms with E-state index in [1.807, 2.05) is 30.3 Å². The van der Waals surface area contributed by atoms with E-state index < -0.39 is 0 Å². The third-order valence-electron chi connectivity index (χ3n) is 8.32. The second kappa shape index (κ2) is 14.0. The van der Waals surface area contributed by atoms with Crippen LogP contribution in [-0.2, 0) is 0 Å². The highest BCUT2D eigenvalue weighted by atomic mass is 14.8. The van der Waals surface area contributed by atoms with E-state index in [2.05, 4.69) is 154 Å². The van der Waals surface area contributed by atoms with E-state index in [0.29, 0.717) is 0 Å². The van der Waals surface area contributed by atoms with Crippen molar-refractivity contribution >= 4 is 22.8 Å². The molecule has 0 bridgehead atoms. The van der Waals surface area contributed by atoms with E-state index in [-0.39, 0.29) is 11.8 Å². The van der Waals surface area contributed by atoms with Crippen molar-refractivity contribution in [2.45, 2.75) is 32.6 Å². The van der Waals surface area contributed by atoms with Crippen LogP contribution < -0.4 is 0 Å². The fraction of sp³-hybridized carbons (Fsp3) is 0.116. The molecular formula is C43H38N2. The molecule has 0 aliphatic carbocycles. The smallest absolute Gasteiger partial charge is 0.0717 e. The Bertz CT molecular complexity index is 1710. The number of nitrogens with zero attached hydrogens (tertiary/aromatic N) is 2. The van der Waals surface area contributed by atoms with E-state index in [4.69, 9.17) is 9.98 Å². The Morgan fingerprint density at radius 2 is 0.733 bits per heavy atom. The van der Waals surface area contributed by atoms with Crippen LogP contribution in [0.15, 0.2) is 174 Å². The number of hydrogen-bond donors (Lipinski definition) is 0. The molecule has 0 aliphatic rings. The molecule has 0 saturated heterocycles. The largest absolute Gasteiger partial charge is 0.252 e. The molecule has 6 rings (SSSR count). The predicted molar refractivity (Wildman–Crippen MR) is 191 cm³/mol. The average Bonchev–Trinajstić information content (AvgIpc) is 3.09. The molecule has 0 aromatic heterocycles. The van der Waals surface area contributed by atoms with Gasteiger partial charge in [-0.25, -0.2) is 0 Å². The van der Waals surface area contributed by atoms with E-state index in [1.54, 1.807) is 0 Å². The lowest BCUT2D eigenvalue weighted by Crippen LogP contribution is -2.11. The van der Waals surface area contributed by atoms with Gasteiger partial charge in [-0.1, -0.05) is 157 Å². The van der Waals surface area contributed by atoms with Gasteiger partial charge in [0, 0.05) is 11.8 Å². The molecule has 0 unspecified atom stereocenters. The summed E-state index contributed by atoms with van der Waals surface area (Å²) in [7, 11) is 0. The first-order valence-electron chi connectivity index (χ1n) is 15.6. The Balaban J connectivity index is 1.66. The Kier molecular flexibility index (Phi) is 9.22. The van der Waals surface area contributed by atoms with Gasteiger partial charge in [0.05, 0.1) is 22.8 Å². The van der Waals surface area contributed by atoms with Gasteiger partial charge < -0.3 is 0 Å². The molecule has 6 aromatic carbocycles. The number of benzene rings is 6. The number of aliphatic imine (C=N–C) groups is 2. The van der Waals surface area contributed by atoms with Gasteiger partial charge in [0.2, 0.25) is 0 Å². The van der Waals surface area contributed by atoms with Crippen LogP contribution in [0.1, 0.15) is 64.6 Å². The topological polar surface area (TPSA) is 24.7 Å². The van der Waals surface area contributed by atoms with Gasteiger partial charge in [-0.15, -0.1) is 0 Å². The maximum Gasteiger partial charge on any atom is 0.0717 e. The van der Waals surface area contributed by atoms with Crippen molar-refractivity contribution < 1.29 is 0 Å². The maximum absolute atomic E-state index is 5.53. The summed E-state index contributed by atoms with van der Waals surface area (Å²) in [5.74, 6) is -0.00710. The molecule has 2 heteroatoms. The molecule has 0 spiro atoms. The zero-order valence-electron chi connectivity index (χ0n) is 26.1. The molecule has 0 amide bonds. The molecule has 0 N–H and O–H groups in total. The van der Waals surface area contributed by atoms with Crippen molar-refractivity contribution in [3.05, 3.63) is 203 Å². The molecule has 0 heterocycles. The Hall–Kier alpha value is -5.34. The SMILES string of the molecule is CC(=Nc1ccccc1)C(C)=Nc1c(C(c2ccccc2)c2ccccc2)cc(C)cc1C(c1ccccc1)c1ccccc1. The summed E-state index contributed by atoms with van der Waals surface area (Å²) in [5.41, 5.74) is 12.2. The highest BCUT2D eigenvalue weighted by Gasteiger charge is 2.27. The van der Waals surface area contributed by atoms with Crippen molar-refractivity contribution in [2.24, 2.45) is 9.98 Å². The van der Waals surface area contributed by atoms with Crippen molar-refractivity contribution in [2.75, 3.05) is 0 Å². The summed E-state index contributed by atoms with van der Waals surface area (Å²) in [4.78, 5) is 10.5. The fourth-order valence-electron chi connectivity index (χ4n) is 6.12. The van der Waals surface area contributed by atoms with Crippen LogP contribution >= 0.6 is 0 Å². The summed E-state index contributed by atoms with van der Waals surface area (Å²) in [6, 6.07) is 58.0. The monoisotopic (exact) mass is 582 g/mol. The molecule has 0 radical (unpaired) electrons. The highest BCUT2D eigenvalue weighted by Crippen LogP contribution is 2.45. The predicted octanol–water partition coefficient (Wildman–Crippen LogP) is 11.2. The first-order chi connectivity index (χ1) is 22.1. The van der Waals surface area contributed by atoms with Crippen LogP contribution in [0.4, 0.5) is 11.4 Å². The molecule has 45 heavy (non-hydrogen) atoms. The summed E-state index contributed by atoms with van der Waals surface area (Å²) in [6.45, 7) is 6.34. The highest BCUT2D eigenvalue weighted by molar-refractivity contribution is 6.41. The van der Waals surface area contributed by atoms with Gasteiger partial charge in [-0.3, -0.25) is 9.98 Å². The van der Waals surface area contributed by atoms with Gasteiger partial charge in [0.1, 0.15) is 0 Å². The zero-order chi connectivity index (χ0) is 31.0. The third-order valence-corrected chi connectivity index (χ3v) is 8.32. The fourth-order valence-corrected chi connectivity index (χ4v) is 6.12. The third kappa shape index (κ3) is 6.92. The lowest BCUT2D eigenvalue weighted by molar-refractivity contribution is 0.934. The molecule has 0 aliphatic heterocycles. The van der Waals surface area contributed by atoms with Crippen molar-refractivity contribution in [3.8, 4) is 0 Å². The minimum Gasteiger partial charge on any atom is -0.252 e. The Morgan fingerprint density at radius 3 is 1.09 bits per heavy atom. The summed E-state index contributed by atoms with van der Waals surface area (Å²) >= 11 is 0. The number of hydrogen-bond acceptors (Lipinski definition) is 2. The molecular weight excluding hydrogens is 544 g/mol. The van der Waals surface area contributed by atoms with E-state index in [1.165, 1.54) is 38.9 Å². The first kappa shape index (κ1) is 29.7. The van der Waals surface area contributed by atoms with Gasteiger partial charge in [0.15, 0.2) is 0 Å². The Labute approximate surface area is 267 Å². The van der Waals surface area contributed by atoms with Crippen LogP contribution in [-0.4, -0.2) is 11.4 Å². The maximum atomic E-state index is 5.53. The van der Waals surface area contributed by atoms with Crippen LogP contribution in [0.3, 0.4) is 0 Å². The van der Waals surface area contributed by atoms with Crippen LogP contribution in [0.2, 0.25) is 0 Å². The molecule has 0 saturated carbocycles. The second-order valence-electron chi connectivity index (χ2n) is 11.5. The van der Waals surface area contributed by atoms with Gasteiger partial charge in [0.25, 0.3) is 0 Å². The number of rotatable bonds is 9. The lowest BCUT2D eigenvalue weighted by atomic mass is 9.78. The van der Waals surface area contributed by atoms with Crippen molar-refractivity contribution in [1.82, 2.24) is 0 Å². The normalized spacial score (nSPS) is 12.1. The average molecular weight is 583 g/mol. The van der Waals surface area contributed by atoms with Gasteiger partial charge in [-0.2, -0.15) is 0 Å². The first-order valence-corrected chi connectivity index (χ1v) is 15.6. The number of para-hydroxylation sites is 1. The molecule has 0 fully saturated rings. The number of aryl methyl sites for hydroxylation is 1. The summed E-state index contributed by atoms with van der Waals surface area (Å²) in [5, 5.41) is 0. The zero-order valence-corrected chi connectivity index (χ0v) is 26.1. The minimum atomic E-state index is -0.00355. The quantitative estimate of drug-likeness (QED) is 0.120. The molecule has 6 aromatic rings. The molecule has 0 atom stereocenters.